The Labute approximate surface area is 145 Å². The highest BCUT2D eigenvalue weighted by Crippen LogP contribution is 2.29. The van der Waals surface area contributed by atoms with Crippen LogP contribution in [0.15, 0.2) is 24.3 Å². The Hall–Kier alpha value is -1.38. The summed E-state index contributed by atoms with van der Waals surface area (Å²) in [7, 11) is 0. The summed E-state index contributed by atoms with van der Waals surface area (Å²) in [4.78, 5) is 14.8. The van der Waals surface area contributed by atoms with Crippen LogP contribution in [0.2, 0.25) is 0 Å². The van der Waals surface area contributed by atoms with Crippen LogP contribution in [0.4, 0.5) is 4.39 Å². The van der Waals surface area contributed by atoms with Crippen molar-refractivity contribution >= 4 is 5.91 Å². The van der Waals surface area contributed by atoms with Gasteiger partial charge in [-0.25, -0.2) is 4.39 Å². The third-order valence-corrected chi connectivity index (χ3v) is 5.86. The Kier molecular flexibility index (Phi) is 6.28. The largest absolute Gasteiger partial charge is 0.342 e. The molecule has 1 aromatic rings. The van der Waals surface area contributed by atoms with Crippen LogP contribution in [0.1, 0.15) is 75.7 Å². The Morgan fingerprint density at radius 2 is 1.71 bits per heavy atom. The van der Waals surface area contributed by atoms with E-state index >= 15 is 0 Å². The fourth-order valence-electron chi connectivity index (χ4n) is 4.34. The number of benzene rings is 1. The molecule has 1 atom stereocenters. The third kappa shape index (κ3) is 4.81. The molecule has 0 aromatic heterocycles. The number of amides is 1. The predicted molar refractivity (Wildman–Crippen MR) is 95.4 cm³/mol. The van der Waals surface area contributed by atoms with E-state index in [1.54, 1.807) is 0 Å². The van der Waals surface area contributed by atoms with Gasteiger partial charge in [0.25, 0.3) is 0 Å². The van der Waals surface area contributed by atoms with E-state index in [1.165, 1.54) is 49.8 Å². The monoisotopic (exact) mass is 331 g/mol. The summed E-state index contributed by atoms with van der Waals surface area (Å²) in [5, 5.41) is 0. The maximum Gasteiger partial charge on any atom is 0.222 e. The normalized spacial score (nSPS) is 23.0. The molecule has 1 amide bonds. The van der Waals surface area contributed by atoms with Gasteiger partial charge in [-0.3, -0.25) is 4.79 Å². The molecule has 1 saturated carbocycles. The molecular formula is C21H30FNO. The van der Waals surface area contributed by atoms with Crippen molar-refractivity contribution in [3.05, 3.63) is 35.6 Å². The summed E-state index contributed by atoms with van der Waals surface area (Å²) >= 11 is 0. The van der Waals surface area contributed by atoms with E-state index in [0.717, 1.165) is 44.7 Å². The van der Waals surface area contributed by atoms with Gasteiger partial charge in [-0.05, 0) is 42.9 Å². The molecule has 24 heavy (non-hydrogen) atoms. The van der Waals surface area contributed by atoms with Crippen LogP contribution >= 0.6 is 0 Å². The van der Waals surface area contributed by atoms with Gasteiger partial charge in [0.05, 0.1) is 0 Å². The highest BCUT2D eigenvalue weighted by Gasteiger charge is 2.24. The molecule has 2 fully saturated rings. The fourth-order valence-corrected chi connectivity index (χ4v) is 4.34. The number of hydrogen-bond acceptors (Lipinski definition) is 1. The first-order chi connectivity index (χ1) is 11.7. The van der Waals surface area contributed by atoms with Gasteiger partial charge >= 0.3 is 0 Å². The highest BCUT2D eigenvalue weighted by atomic mass is 19.1. The maximum absolute atomic E-state index is 13.2. The van der Waals surface area contributed by atoms with Crippen LogP contribution < -0.4 is 0 Å². The molecule has 1 heterocycles. The minimum atomic E-state index is -0.187. The van der Waals surface area contributed by atoms with Gasteiger partial charge in [-0.2, -0.15) is 0 Å². The molecule has 0 bridgehead atoms. The molecule has 2 nitrogen and oxygen atoms in total. The number of carbonyl (C=O) groups excluding carboxylic acids is 1. The number of carbonyl (C=O) groups is 1. The molecule has 0 spiro atoms. The molecule has 1 aliphatic carbocycles. The molecular weight excluding hydrogens is 301 g/mol. The summed E-state index contributed by atoms with van der Waals surface area (Å²) in [6, 6.07) is 6.84. The van der Waals surface area contributed by atoms with Crippen molar-refractivity contribution in [3.63, 3.8) is 0 Å². The van der Waals surface area contributed by atoms with Gasteiger partial charge in [0, 0.05) is 25.4 Å². The van der Waals surface area contributed by atoms with Gasteiger partial charge in [-0.1, -0.05) is 50.7 Å². The van der Waals surface area contributed by atoms with E-state index in [-0.39, 0.29) is 5.82 Å². The Morgan fingerprint density at radius 1 is 1.00 bits per heavy atom. The lowest BCUT2D eigenvalue weighted by molar-refractivity contribution is -0.131. The Bertz CT molecular complexity index is 521. The number of hydrogen-bond donors (Lipinski definition) is 0. The fraction of sp³-hybridized carbons (Fsp3) is 0.667. The van der Waals surface area contributed by atoms with Gasteiger partial charge in [0.15, 0.2) is 0 Å². The van der Waals surface area contributed by atoms with E-state index in [4.69, 9.17) is 0 Å². The molecule has 2 aliphatic rings. The lowest BCUT2D eigenvalue weighted by atomic mass is 9.86. The quantitative estimate of drug-likeness (QED) is 0.735. The van der Waals surface area contributed by atoms with E-state index in [2.05, 4.69) is 4.90 Å². The topological polar surface area (TPSA) is 20.3 Å². The molecule has 0 N–H and O–H groups in total. The highest BCUT2D eigenvalue weighted by molar-refractivity contribution is 5.76. The van der Waals surface area contributed by atoms with Crippen LogP contribution in [0.5, 0.6) is 0 Å². The maximum atomic E-state index is 13.2. The van der Waals surface area contributed by atoms with Gasteiger partial charge in [-0.15, -0.1) is 0 Å². The first-order valence-corrected chi connectivity index (χ1v) is 9.75. The second-order valence-corrected chi connectivity index (χ2v) is 7.63. The number of halogens is 1. The molecule has 3 heteroatoms. The van der Waals surface area contributed by atoms with Crippen molar-refractivity contribution in [3.8, 4) is 0 Å². The van der Waals surface area contributed by atoms with Crippen LogP contribution in [-0.4, -0.2) is 23.9 Å². The van der Waals surface area contributed by atoms with E-state index in [9.17, 15) is 9.18 Å². The first kappa shape index (κ1) is 17.4. The van der Waals surface area contributed by atoms with Gasteiger partial charge < -0.3 is 4.90 Å². The van der Waals surface area contributed by atoms with Crippen LogP contribution in [0.25, 0.3) is 0 Å². The molecule has 1 unspecified atom stereocenters. The van der Waals surface area contributed by atoms with Crippen LogP contribution in [0, 0.1) is 11.7 Å². The van der Waals surface area contributed by atoms with E-state index in [0.29, 0.717) is 18.2 Å². The smallest absolute Gasteiger partial charge is 0.222 e. The van der Waals surface area contributed by atoms with Crippen molar-refractivity contribution in [2.45, 2.75) is 70.1 Å². The Morgan fingerprint density at radius 3 is 2.46 bits per heavy atom. The molecule has 0 radical (unpaired) electrons. The predicted octanol–water partition coefficient (Wildman–Crippen LogP) is 5.28. The molecule has 3 rings (SSSR count). The zero-order valence-electron chi connectivity index (χ0n) is 14.7. The standard InChI is InChI=1S/C21H30FNO/c22-20-12-10-18(11-13-20)19-8-4-5-15-23(16-19)21(24)14-9-17-6-2-1-3-7-17/h10-13,17,19H,1-9,14-16H2. The summed E-state index contributed by atoms with van der Waals surface area (Å²) in [6.07, 6.45) is 11.8. The van der Waals surface area contributed by atoms with E-state index in [1.807, 2.05) is 12.1 Å². The van der Waals surface area contributed by atoms with E-state index < -0.39 is 0 Å². The number of likely N-dealkylation sites (tertiary alicyclic amines) is 1. The Balaban J connectivity index is 1.55. The van der Waals surface area contributed by atoms with Crippen molar-refractivity contribution in [1.82, 2.24) is 4.90 Å². The van der Waals surface area contributed by atoms with Crippen molar-refractivity contribution in [2.24, 2.45) is 5.92 Å². The average Bonchev–Trinajstić information content (AvgIpc) is 2.87. The second-order valence-electron chi connectivity index (χ2n) is 7.63. The lowest BCUT2D eigenvalue weighted by Crippen LogP contribution is -2.34. The lowest BCUT2D eigenvalue weighted by Gasteiger charge is -2.26. The summed E-state index contributed by atoms with van der Waals surface area (Å²) < 4.78 is 13.2. The molecule has 132 valence electrons. The summed E-state index contributed by atoms with van der Waals surface area (Å²) in [5.74, 6) is 1.26. The zero-order valence-corrected chi connectivity index (χ0v) is 14.7. The minimum absolute atomic E-state index is 0.187. The third-order valence-electron chi connectivity index (χ3n) is 5.86. The van der Waals surface area contributed by atoms with Gasteiger partial charge in [0.2, 0.25) is 5.91 Å². The molecule has 1 aliphatic heterocycles. The zero-order chi connectivity index (χ0) is 16.8. The summed E-state index contributed by atoms with van der Waals surface area (Å²) in [6.45, 7) is 1.69. The van der Waals surface area contributed by atoms with Crippen molar-refractivity contribution in [2.75, 3.05) is 13.1 Å². The number of rotatable bonds is 4. The SMILES string of the molecule is O=C(CCC1CCCCC1)N1CCCCC(c2ccc(F)cc2)C1. The van der Waals surface area contributed by atoms with Crippen molar-refractivity contribution in [1.29, 1.82) is 0 Å². The van der Waals surface area contributed by atoms with Crippen molar-refractivity contribution < 1.29 is 9.18 Å². The average molecular weight is 331 g/mol. The van der Waals surface area contributed by atoms with Crippen LogP contribution in [0.3, 0.4) is 0 Å². The van der Waals surface area contributed by atoms with Crippen LogP contribution in [-0.2, 0) is 4.79 Å². The molecule has 1 aromatic carbocycles. The number of nitrogens with zero attached hydrogens (tertiary/aromatic N) is 1. The minimum Gasteiger partial charge on any atom is -0.342 e. The first-order valence-electron chi connectivity index (χ1n) is 9.75. The second kappa shape index (κ2) is 8.64. The molecule has 1 saturated heterocycles. The summed E-state index contributed by atoms with van der Waals surface area (Å²) in [5.41, 5.74) is 1.17. The van der Waals surface area contributed by atoms with Gasteiger partial charge in [0.1, 0.15) is 5.82 Å².